The van der Waals surface area contributed by atoms with Crippen LogP contribution in [0.4, 0.5) is 15.4 Å². The molecule has 1 aromatic carbocycles. The average Bonchev–Trinajstić information content (AvgIpc) is 3.73. The van der Waals surface area contributed by atoms with Gasteiger partial charge in [-0.15, -0.1) is 0 Å². The van der Waals surface area contributed by atoms with E-state index >= 15 is 0 Å². The molecule has 1 atom stereocenters. The number of aromatic nitrogens is 3. The quantitative estimate of drug-likeness (QED) is 0.166. The second kappa shape index (κ2) is 14.0. The van der Waals surface area contributed by atoms with E-state index in [1.807, 2.05) is 30.3 Å². The van der Waals surface area contributed by atoms with Crippen LogP contribution in [0.5, 0.6) is 5.75 Å². The molecule has 0 bridgehead atoms. The van der Waals surface area contributed by atoms with Gasteiger partial charge in [0.1, 0.15) is 24.0 Å². The van der Waals surface area contributed by atoms with Gasteiger partial charge >= 0.3 is 12.1 Å². The van der Waals surface area contributed by atoms with Crippen LogP contribution < -0.4 is 15.4 Å². The number of hydrogen-bond donors (Lipinski definition) is 3. The number of carboxylic acid groups (broad SMARTS) is 1. The number of anilines is 1. The number of hydrogen-bond acceptors (Lipinski definition) is 7. The first kappa shape index (κ1) is 33.7. The summed E-state index contributed by atoms with van der Waals surface area (Å²) < 4.78 is 14.0. The fraction of sp³-hybridized carbons (Fsp3) is 0.576. The van der Waals surface area contributed by atoms with E-state index in [0.29, 0.717) is 50.8 Å². The Morgan fingerprint density at radius 3 is 2.54 bits per heavy atom. The highest BCUT2D eigenvalue weighted by Crippen LogP contribution is 2.37. The summed E-state index contributed by atoms with van der Waals surface area (Å²) in [5, 5.41) is 21.2. The Morgan fingerprint density at radius 2 is 1.85 bits per heavy atom. The van der Waals surface area contributed by atoms with Crippen molar-refractivity contribution in [3.8, 4) is 17.0 Å². The Bertz CT molecular complexity index is 1530. The van der Waals surface area contributed by atoms with Gasteiger partial charge < -0.3 is 24.8 Å². The summed E-state index contributed by atoms with van der Waals surface area (Å²) in [7, 11) is -1.25. The van der Waals surface area contributed by atoms with Gasteiger partial charge in [0.2, 0.25) is 0 Å². The van der Waals surface area contributed by atoms with Crippen molar-refractivity contribution >= 4 is 37.0 Å². The number of urea groups is 1. The molecule has 2 aromatic heterocycles. The Labute approximate surface area is 272 Å². The first-order valence-corrected chi connectivity index (χ1v) is 20.0. The Morgan fingerprint density at radius 1 is 1.09 bits per heavy atom. The molecule has 250 valence electrons. The summed E-state index contributed by atoms with van der Waals surface area (Å²) in [6.07, 6.45) is 1.49. The van der Waals surface area contributed by atoms with Crippen molar-refractivity contribution in [1.29, 1.82) is 0 Å². The lowest BCUT2D eigenvalue weighted by Crippen LogP contribution is -2.60. The fourth-order valence-electron chi connectivity index (χ4n) is 5.57. The lowest BCUT2D eigenvalue weighted by Gasteiger charge is -2.46. The largest absolute Gasteiger partial charge is 0.490 e. The first-order chi connectivity index (χ1) is 21.8. The summed E-state index contributed by atoms with van der Waals surface area (Å²) in [6, 6.07) is 12.2. The van der Waals surface area contributed by atoms with E-state index in [1.165, 1.54) is 4.90 Å². The van der Waals surface area contributed by atoms with E-state index in [9.17, 15) is 14.7 Å². The van der Waals surface area contributed by atoms with Gasteiger partial charge in [0.25, 0.3) is 0 Å². The molecular formula is C33H49N7O5Si. The summed E-state index contributed by atoms with van der Waals surface area (Å²) in [5.41, 5.74) is 2.09. The zero-order chi connectivity index (χ0) is 33.1. The molecule has 1 saturated carbocycles. The van der Waals surface area contributed by atoms with Gasteiger partial charge in [0.15, 0.2) is 5.65 Å². The topological polar surface area (TPSA) is 134 Å². The third kappa shape index (κ3) is 8.77. The number of nitrogens with one attached hydrogen (secondary N) is 2. The highest BCUT2D eigenvalue weighted by atomic mass is 28.3. The van der Waals surface area contributed by atoms with Gasteiger partial charge in [-0.3, -0.25) is 10.2 Å². The number of para-hydroxylation sites is 1. The van der Waals surface area contributed by atoms with Crippen LogP contribution >= 0.6 is 0 Å². The highest BCUT2D eigenvalue weighted by molar-refractivity contribution is 6.76. The van der Waals surface area contributed by atoms with Gasteiger partial charge in [0, 0.05) is 58.4 Å². The van der Waals surface area contributed by atoms with Crippen LogP contribution in [-0.2, 0) is 11.5 Å². The number of amides is 3. The van der Waals surface area contributed by atoms with Crippen LogP contribution in [0.25, 0.3) is 22.3 Å². The summed E-state index contributed by atoms with van der Waals surface area (Å²) in [5.74, 6) is 1.21. The number of carbonyl (C=O) groups excluding carboxylic acids is 1. The van der Waals surface area contributed by atoms with Crippen LogP contribution in [0, 0.1) is 5.41 Å². The van der Waals surface area contributed by atoms with E-state index in [1.54, 1.807) is 10.7 Å². The Hall–Kier alpha value is -3.68. The molecule has 0 radical (unpaired) electrons. The maximum Gasteiger partial charge on any atom is 0.407 e. The molecule has 1 aliphatic carbocycles. The molecule has 1 unspecified atom stereocenters. The first-order valence-electron chi connectivity index (χ1n) is 16.3. The Kier molecular flexibility index (Phi) is 10.2. The standard InChI is InChI=1S/C33H49N7O5Si/c1-33(2,3)27-21-38(17-18-39(27)32(42)43)16-15-34-31(41)36-28-14-13-25-29(24-9-7-8-10-26(24)45-23-11-12-23)37-40(30(25)35-28)22-44-19-20-46(4,5)6/h7-10,13-14,23,27H,11-12,15-22H2,1-6H3,(H,42,43)(H2,34,35,36,41). The van der Waals surface area contributed by atoms with Crippen molar-refractivity contribution < 1.29 is 24.2 Å². The van der Waals surface area contributed by atoms with E-state index in [2.05, 4.69) is 55.9 Å². The third-order valence-electron chi connectivity index (χ3n) is 8.43. The minimum absolute atomic E-state index is 0.120. The molecule has 3 aromatic rings. The molecule has 1 saturated heterocycles. The summed E-state index contributed by atoms with van der Waals surface area (Å²) >= 11 is 0. The monoisotopic (exact) mass is 651 g/mol. The molecule has 3 N–H and O–H groups in total. The maximum absolute atomic E-state index is 12.9. The van der Waals surface area contributed by atoms with Crippen LogP contribution in [0.2, 0.25) is 25.7 Å². The molecule has 2 aliphatic rings. The van der Waals surface area contributed by atoms with Crippen molar-refractivity contribution in [1.82, 2.24) is 29.9 Å². The Balaban J connectivity index is 1.26. The predicted molar refractivity (Wildman–Crippen MR) is 182 cm³/mol. The van der Waals surface area contributed by atoms with Gasteiger partial charge in [-0.2, -0.15) is 5.10 Å². The number of pyridine rings is 1. The van der Waals surface area contributed by atoms with Crippen LogP contribution in [0.15, 0.2) is 36.4 Å². The minimum atomic E-state index is -1.25. The molecule has 3 heterocycles. The third-order valence-corrected chi connectivity index (χ3v) is 10.1. The van der Waals surface area contributed by atoms with E-state index in [-0.39, 0.29) is 30.3 Å². The van der Waals surface area contributed by atoms with Crippen molar-refractivity contribution in [2.45, 2.75) is 78.2 Å². The highest BCUT2D eigenvalue weighted by Gasteiger charge is 2.37. The molecule has 1 aliphatic heterocycles. The number of piperazine rings is 1. The van der Waals surface area contributed by atoms with Gasteiger partial charge in [0.05, 0.1) is 12.1 Å². The predicted octanol–water partition coefficient (Wildman–Crippen LogP) is 5.78. The molecule has 2 fully saturated rings. The summed E-state index contributed by atoms with van der Waals surface area (Å²) in [4.78, 5) is 33.2. The molecule has 13 heteroatoms. The second-order valence-electron chi connectivity index (χ2n) is 14.6. The van der Waals surface area contributed by atoms with Crippen molar-refractivity contribution in [2.75, 3.05) is 44.6 Å². The van der Waals surface area contributed by atoms with Gasteiger partial charge in [-0.1, -0.05) is 52.5 Å². The van der Waals surface area contributed by atoms with Gasteiger partial charge in [-0.05, 0) is 48.6 Å². The van der Waals surface area contributed by atoms with E-state index < -0.39 is 14.2 Å². The second-order valence-corrected chi connectivity index (χ2v) is 20.2. The zero-order valence-electron chi connectivity index (χ0n) is 28.0. The molecule has 5 rings (SSSR count). The van der Waals surface area contributed by atoms with Crippen LogP contribution in [-0.4, -0.2) is 101 Å². The van der Waals surface area contributed by atoms with Gasteiger partial charge in [-0.25, -0.2) is 19.3 Å². The SMILES string of the molecule is CC(C)(C)C1CN(CCNC(=O)Nc2ccc3c(-c4ccccc4OC4CC4)nn(COCC[Si](C)(C)C)c3n2)CCN1C(=O)O. The summed E-state index contributed by atoms with van der Waals surface area (Å²) in [6.45, 7) is 16.8. The number of carbonyl (C=O) groups is 2. The van der Waals surface area contributed by atoms with Crippen molar-refractivity contribution in [2.24, 2.45) is 5.41 Å². The molecular weight excluding hydrogens is 602 g/mol. The number of fused-ring (bicyclic) bond motifs is 1. The average molecular weight is 652 g/mol. The maximum atomic E-state index is 12.9. The lowest BCUT2D eigenvalue weighted by atomic mass is 9.84. The van der Waals surface area contributed by atoms with E-state index in [4.69, 9.17) is 19.6 Å². The zero-order valence-corrected chi connectivity index (χ0v) is 29.0. The molecule has 0 spiro atoms. The lowest BCUT2D eigenvalue weighted by molar-refractivity contribution is 0.0224. The number of rotatable bonds is 12. The number of ether oxygens (including phenoxy) is 2. The molecule has 3 amide bonds. The molecule has 12 nitrogen and oxygen atoms in total. The number of benzene rings is 1. The smallest absolute Gasteiger partial charge is 0.407 e. The fourth-order valence-corrected chi connectivity index (χ4v) is 6.33. The molecule has 46 heavy (non-hydrogen) atoms. The van der Waals surface area contributed by atoms with Crippen molar-refractivity contribution in [3.05, 3.63) is 36.4 Å². The van der Waals surface area contributed by atoms with E-state index in [0.717, 1.165) is 41.3 Å². The normalized spacial score (nSPS) is 17.7. The minimum Gasteiger partial charge on any atom is -0.490 e. The van der Waals surface area contributed by atoms with Crippen LogP contribution in [0.3, 0.4) is 0 Å². The number of nitrogens with zero attached hydrogens (tertiary/aromatic N) is 5. The van der Waals surface area contributed by atoms with Crippen LogP contribution in [0.1, 0.15) is 33.6 Å². The van der Waals surface area contributed by atoms with Crippen molar-refractivity contribution in [3.63, 3.8) is 0 Å².